The van der Waals surface area contributed by atoms with Gasteiger partial charge in [-0.1, -0.05) is 23.7 Å². The maximum Gasteiger partial charge on any atom is 0.138 e. The van der Waals surface area contributed by atoms with Crippen LogP contribution in [0.25, 0.3) is 0 Å². The fraction of sp³-hybridized carbons (Fsp3) is 0.538. The van der Waals surface area contributed by atoms with Crippen molar-refractivity contribution in [3.63, 3.8) is 0 Å². The van der Waals surface area contributed by atoms with E-state index in [0.29, 0.717) is 12.0 Å². The zero-order valence-corrected chi connectivity index (χ0v) is 11.1. The molecular formula is C13H17Cl2NO. The molecule has 0 amide bonds. The van der Waals surface area contributed by atoms with Gasteiger partial charge in [-0.3, -0.25) is 0 Å². The van der Waals surface area contributed by atoms with Crippen molar-refractivity contribution in [2.24, 2.45) is 11.8 Å². The van der Waals surface area contributed by atoms with Gasteiger partial charge in [0, 0.05) is 12.5 Å². The normalized spacial score (nSPS) is 30.8. The number of benzene rings is 1. The van der Waals surface area contributed by atoms with Crippen molar-refractivity contribution in [2.75, 3.05) is 13.1 Å². The van der Waals surface area contributed by atoms with E-state index < -0.39 is 0 Å². The fourth-order valence-electron chi connectivity index (χ4n) is 2.95. The highest BCUT2D eigenvalue weighted by Crippen LogP contribution is 2.38. The molecule has 1 aliphatic carbocycles. The Bertz CT molecular complexity index is 385. The van der Waals surface area contributed by atoms with Gasteiger partial charge < -0.3 is 10.1 Å². The molecule has 3 atom stereocenters. The maximum absolute atomic E-state index is 6.10. The standard InChI is InChI=1S/C13H16ClNO.ClH/c14-11-3-1-2-4-13(11)16-12-6-5-9-7-15-8-10(9)12;/h1-4,9-10,12,15H,5-8H2;1H/t9?,10?,12-;/m0./s1. The molecule has 17 heavy (non-hydrogen) atoms. The van der Waals surface area contributed by atoms with E-state index in [9.17, 15) is 0 Å². The Morgan fingerprint density at radius 1 is 1.18 bits per heavy atom. The molecule has 3 rings (SSSR count). The van der Waals surface area contributed by atoms with Crippen LogP contribution in [-0.4, -0.2) is 19.2 Å². The molecule has 2 fully saturated rings. The van der Waals surface area contributed by atoms with Gasteiger partial charge in [0.15, 0.2) is 0 Å². The minimum Gasteiger partial charge on any atom is -0.489 e. The molecule has 1 N–H and O–H groups in total. The van der Waals surface area contributed by atoms with Crippen molar-refractivity contribution in [2.45, 2.75) is 18.9 Å². The monoisotopic (exact) mass is 273 g/mol. The molecule has 2 nitrogen and oxygen atoms in total. The molecule has 1 saturated heterocycles. The fourth-order valence-corrected chi connectivity index (χ4v) is 3.13. The third-order valence-corrected chi connectivity index (χ3v) is 4.12. The van der Waals surface area contributed by atoms with Gasteiger partial charge in [-0.05, 0) is 37.4 Å². The van der Waals surface area contributed by atoms with E-state index in [2.05, 4.69) is 5.32 Å². The molecule has 1 aromatic carbocycles. The lowest BCUT2D eigenvalue weighted by atomic mass is 9.99. The predicted octanol–water partition coefficient (Wildman–Crippen LogP) is 3.14. The Morgan fingerprint density at radius 3 is 2.82 bits per heavy atom. The van der Waals surface area contributed by atoms with Gasteiger partial charge in [-0.2, -0.15) is 0 Å². The highest BCUT2D eigenvalue weighted by molar-refractivity contribution is 6.32. The lowest BCUT2D eigenvalue weighted by Crippen LogP contribution is -2.26. The molecule has 0 spiro atoms. The Kier molecular flexibility index (Phi) is 4.18. The molecule has 2 unspecified atom stereocenters. The summed E-state index contributed by atoms with van der Waals surface area (Å²) in [6.45, 7) is 2.26. The highest BCUT2D eigenvalue weighted by atomic mass is 35.5. The first-order valence-electron chi connectivity index (χ1n) is 5.96. The first kappa shape index (κ1) is 13.0. The number of fused-ring (bicyclic) bond motifs is 1. The molecule has 0 radical (unpaired) electrons. The van der Waals surface area contributed by atoms with Crippen LogP contribution in [0.15, 0.2) is 24.3 Å². The van der Waals surface area contributed by atoms with Gasteiger partial charge in [-0.25, -0.2) is 0 Å². The summed E-state index contributed by atoms with van der Waals surface area (Å²) in [6, 6.07) is 7.75. The molecule has 2 aliphatic rings. The van der Waals surface area contributed by atoms with Gasteiger partial charge in [0.2, 0.25) is 0 Å². The zero-order chi connectivity index (χ0) is 11.0. The van der Waals surface area contributed by atoms with Gasteiger partial charge in [0.25, 0.3) is 0 Å². The van der Waals surface area contributed by atoms with Gasteiger partial charge in [-0.15, -0.1) is 12.4 Å². The van der Waals surface area contributed by atoms with Crippen LogP contribution in [0.2, 0.25) is 5.02 Å². The van der Waals surface area contributed by atoms with Crippen LogP contribution in [0, 0.1) is 11.8 Å². The lowest BCUT2D eigenvalue weighted by Gasteiger charge is -2.20. The van der Waals surface area contributed by atoms with Crippen molar-refractivity contribution in [1.29, 1.82) is 0 Å². The Labute approximate surface area is 113 Å². The van der Waals surface area contributed by atoms with Crippen molar-refractivity contribution in [3.8, 4) is 5.75 Å². The third-order valence-electron chi connectivity index (χ3n) is 3.81. The molecule has 1 aliphatic heterocycles. The van der Waals surface area contributed by atoms with Crippen LogP contribution in [0.4, 0.5) is 0 Å². The number of ether oxygens (including phenoxy) is 1. The first-order valence-corrected chi connectivity index (χ1v) is 6.34. The average molecular weight is 274 g/mol. The second-order valence-corrected chi connectivity index (χ2v) is 5.15. The van der Waals surface area contributed by atoms with E-state index in [1.165, 1.54) is 12.8 Å². The van der Waals surface area contributed by atoms with E-state index >= 15 is 0 Å². The number of para-hydroxylation sites is 1. The molecule has 1 aromatic rings. The number of halogens is 2. The summed E-state index contributed by atoms with van der Waals surface area (Å²) in [5.74, 6) is 2.32. The van der Waals surface area contributed by atoms with E-state index in [1.807, 2.05) is 24.3 Å². The van der Waals surface area contributed by atoms with E-state index in [0.717, 1.165) is 29.8 Å². The largest absolute Gasteiger partial charge is 0.489 e. The number of nitrogens with one attached hydrogen (secondary N) is 1. The van der Waals surface area contributed by atoms with Crippen LogP contribution in [-0.2, 0) is 0 Å². The number of hydrogen-bond acceptors (Lipinski definition) is 2. The molecule has 1 heterocycles. The van der Waals surface area contributed by atoms with Crippen molar-refractivity contribution in [1.82, 2.24) is 5.32 Å². The van der Waals surface area contributed by atoms with Gasteiger partial charge >= 0.3 is 0 Å². The SMILES string of the molecule is Cl.Clc1ccccc1O[C@H]1CCC2CNCC21. The van der Waals surface area contributed by atoms with E-state index in [-0.39, 0.29) is 12.4 Å². The highest BCUT2D eigenvalue weighted by Gasteiger charge is 2.40. The zero-order valence-electron chi connectivity index (χ0n) is 9.56. The summed E-state index contributed by atoms with van der Waals surface area (Å²) < 4.78 is 6.05. The topological polar surface area (TPSA) is 21.3 Å². The summed E-state index contributed by atoms with van der Waals surface area (Å²) in [5.41, 5.74) is 0. The average Bonchev–Trinajstić information content (AvgIpc) is 2.86. The first-order chi connectivity index (χ1) is 7.84. The van der Waals surface area contributed by atoms with E-state index in [4.69, 9.17) is 16.3 Å². The van der Waals surface area contributed by atoms with Gasteiger partial charge in [0.05, 0.1) is 5.02 Å². The predicted molar refractivity (Wildman–Crippen MR) is 72.2 cm³/mol. The van der Waals surface area contributed by atoms with Crippen LogP contribution >= 0.6 is 24.0 Å². The molecular weight excluding hydrogens is 257 g/mol. The molecule has 0 bridgehead atoms. The second-order valence-electron chi connectivity index (χ2n) is 4.75. The summed E-state index contributed by atoms with van der Waals surface area (Å²) in [6.07, 6.45) is 2.80. The Hall–Kier alpha value is -0.440. The third kappa shape index (κ3) is 2.54. The minimum atomic E-state index is 0. The van der Waals surface area contributed by atoms with Crippen molar-refractivity contribution in [3.05, 3.63) is 29.3 Å². The maximum atomic E-state index is 6.10. The van der Waals surface area contributed by atoms with Crippen LogP contribution in [0.3, 0.4) is 0 Å². The van der Waals surface area contributed by atoms with Crippen LogP contribution < -0.4 is 10.1 Å². The summed E-state index contributed by atoms with van der Waals surface area (Å²) in [5, 5.41) is 4.16. The summed E-state index contributed by atoms with van der Waals surface area (Å²) >= 11 is 6.10. The van der Waals surface area contributed by atoms with Crippen LogP contribution in [0.1, 0.15) is 12.8 Å². The molecule has 4 heteroatoms. The number of hydrogen-bond donors (Lipinski definition) is 1. The van der Waals surface area contributed by atoms with Crippen LogP contribution in [0.5, 0.6) is 5.75 Å². The van der Waals surface area contributed by atoms with Crippen molar-refractivity contribution < 1.29 is 4.74 Å². The lowest BCUT2D eigenvalue weighted by molar-refractivity contribution is 0.158. The van der Waals surface area contributed by atoms with E-state index in [1.54, 1.807) is 0 Å². The molecule has 1 saturated carbocycles. The quantitative estimate of drug-likeness (QED) is 0.894. The second kappa shape index (κ2) is 5.47. The summed E-state index contributed by atoms with van der Waals surface area (Å²) in [4.78, 5) is 0. The Balaban J connectivity index is 0.00000108. The van der Waals surface area contributed by atoms with Gasteiger partial charge in [0.1, 0.15) is 11.9 Å². The Morgan fingerprint density at radius 2 is 2.00 bits per heavy atom. The summed E-state index contributed by atoms with van der Waals surface area (Å²) in [7, 11) is 0. The number of rotatable bonds is 2. The van der Waals surface area contributed by atoms with Crippen molar-refractivity contribution >= 4 is 24.0 Å². The minimum absolute atomic E-state index is 0. The molecule has 94 valence electrons. The smallest absolute Gasteiger partial charge is 0.138 e. The molecule has 0 aromatic heterocycles.